The van der Waals surface area contributed by atoms with E-state index < -0.39 is 0 Å². The number of ketones is 1. The van der Waals surface area contributed by atoms with E-state index in [2.05, 4.69) is 153 Å². The van der Waals surface area contributed by atoms with Crippen LogP contribution in [-0.2, 0) is 0 Å². The van der Waals surface area contributed by atoms with E-state index in [-0.39, 0.29) is 27.4 Å². The van der Waals surface area contributed by atoms with Crippen molar-refractivity contribution in [1.29, 1.82) is 0 Å². The summed E-state index contributed by atoms with van der Waals surface area (Å²) in [5.41, 5.74) is 8.45. The maximum atomic E-state index is 15.2. The van der Waals surface area contributed by atoms with E-state index in [0.29, 0.717) is 0 Å². The average molecular weight is 573 g/mol. The minimum Gasteiger partial charge on any atom is -0.289 e. The van der Waals surface area contributed by atoms with E-state index in [4.69, 9.17) is 0 Å². The summed E-state index contributed by atoms with van der Waals surface area (Å²) in [6.07, 6.45) is 16.4. The standard InChI is InChI=1S/C43H40O/c1-40(2,3)30-20-28-16-17-29-21-31(41(4,5)6)24-36-35(23-32(22-30)42(28,7)43(29,36)8)39(44)34-19-15-27-13-12-25-10-9-11-26-14-18-33(34)38(27)37(25)26/h9-24H,1-8H3/t42-,43-/m1/s1. The van der Waals surface area contributed by atoms with Crippen LogP contribution in [0.25, 0.3) is 32.3 Å². The van der Waals surface area contributed by atoms with Gasteiger partial charge >= 0.3 is 0 Å². The van der Waals surface area contributed by atoms with Gasteiger partial charge in [0.2, 0.25) is 0 Å². The molecule has 0 radical (unpaired) electrons. The minimum absolute atomic E-state index is 0.00780. The molecule has 218 valence electrons. The fourth-order valence-corrected chi connectivity index (χ4v) is 8.28. The fourth-order valence-electron chi connectivity index (χ4n) is 8.28. The van der Waals surface area contributed by atoms with E-state index in [1.807, 2.05) is 0 Å². The fraction of sp³-hybridized carbons (Fsp3) is 0.279. The van der Waals surface area contributed by atoms with Crippen LogP contribution in [0.5, 0.6) is 0 Å². The zero-order valence-corrected chi connectivity index (χ0v) is 27.1. The van der Waals surface area contributed by atoms with Crippen LogP contribution in [0.2, 0.25) is 0 Å². The van der Waals surface area contributed by atoms with Crippen molar-refractivity contribution in [2.24, 2.45) is 21.7 Å². The molecule has 0 fully saturated rings. The molecule has 0 heterocycles. The summed E-state index contributed by atoms with van der Waals surface area (Å²) in [6.45, 7) is 18.4. The Bertz CT molecular complexity index is 2190. The highest BCUT2D eigenvalue weighted by Gasteiger charge is 2.58. The smallest absolute Gasteiger partial charge is 0.193 e. The summed E-state index contributed by atoms with van der Waals surface area (Å²) >= 11 is 0. The molecule has 0 amide bonds. The summed E-state index contributed by atoms with van der Waals surface area (Å²) in [4.78, 5) is 15.2. The van der Waals surface area contributed by atoms with E-state index in [1.165, 1.54) is 54.8 Å². The molecule has 0 saturated carbocycles. The first-order chi connectivity index (χ1) is 20.7. The second kappa shape index (κ2) is 8.48. The predicted molar refractivity (Wildman–Crippen MR) is 186 cm³/mol. The molecule has 4 aliphatic carbocycles. The van der Waals surface area contributed by atoms with Crippen molar-refractivity contribution in [3.63, 3.8) is 0 Å². The summed E-state index contributed by atoms with van der Waals surface area (Å²) in [5, 5.41) is 7.06. The summed E-state index contributed by atoms with van der Waals surface area (Å²) in [5.74, 6) is 0.107. The minimum atomic E-state index is -0.374. The SMILES string of the molecule is CC(C)(C)C1=CC2=CC(C(=O)c3ccc4ccc5cccc6ccc3c4c56)=C3C=C(C(C)(C)C)C=C4C=CC(=C1)[C@@]2(C)[C@]43C. The number of hydrogen-bond acceptors (Lipinski definition) is 1. The van der Waals surface area contributed by atoms with Gasteiger partial charge in [-0.1, -0.05) is 140 Å². The van der Waals surface area contributed by atoms with Crippen LogP contribution in [0.15, 0.2) is 136 Å². The third kappa shape index (κ3) is 3.39. The van der Waals surface area contributed by atoms with Gasteiger partial charge in [0.25, 0.3) is 0 Å². The Morgan fingerprint density at radius 2 is 1.11 bits per heavy atom. The van der Waals surface area contributed by atoms with Gasteiger partial charge in [0.1, 0.15) is 0 Å². The molecule has 0 aliphatic heterocycles. The molecule has 4 aromatic carbocycles. The lowest BCUT2D eigenvalue weighted by atomic mass is 9.44. The molecule has 0 saturated heterocycles. The van der Waals surface area contributed by atoms with Crippen LogP contribution in [0.1, 0.15) is 65.7 Å². The van der Waals surface area contributed by atoms with Gasteiger partial charge in [0.05, 0.1) is 0 Å². The van der Waals surface area contributed by atoms with Gasteiger partial charge in [0.15, 0.2) is 5.78 Å². The molecule has 0 unspecified atom stereocenters. The van der Waals surface area contributed by atoms with Crippen molar-refractivity contribution in [2.75, 3.05) is 0 Å². The average Bonchev–Trinajstić information content (AvgIpc) is 2.97. The molecular weight excluding hydrogens is 532 g/mol. The lowest BCUT2D eigenvalue weighted by Gasteiger charge is -2.58. The summed E-state index contributed by atoms with van der Waals surface area (Å²) < 4.78 is 0. The summed E-state index contributed by atoms with van der Waals surface area (Å²) in [7, 11) is 0. The number of hydrogen-bond donors (Lipinski definition) is 0. The molecule has 0 aromatic heterocycles. The molecule has 1 nitrogen and oxygen atoms in total. The van der Waals surface area contributed by atoms with Gasteiger partial charge in [-0.25, -0.2) is 0 Å². The zero-order chi connectivity index (χ0) is 31.0. The van der Waals surface area contributed by atoms with Crippen LogP contribution < -0.4 is 0 Å². The first-order valence-electron chi connectivity index (χ1n) is 16.0. The van der Waals surface area contributed by atoms with Crippen molar-refractivity contribution >= 4 is 38.1 Å². The Balaban J connectivity index is 1.45. The Kier molecular flexibility index (Phi) is 5.27. The molecule has 1 heteroatoms. The molecule has 2 atom stereocenters. The monoisotopic (exact) mass is 572 g/mol. The molecule has 0 bridgehead atoms. The topological polar surface area (TPSA) is 17.1 Å². The van der Waals surface area contributed by atoms with Crippen LogP contribution >= 0.6 is 0 Å². The van der Waals surface area contributed by atoms with Gasteiger partial charge < -0.3 is 0 Å². The van der Waals surface area contributed by atoms with E-state index in [1.54, 1.807) is 0 Å². The number of carbonyl (C=O) groups is 1. The number of rotatable bonds is 2. The lowest BCUT2D eigenvalue weighted by Crippen LogP contribution is -2.49. The molecule has 0 spiro atoms. The molecule has 44 heavy (non-hydrogen) atoms. The first-order valence-corrected chi connectivity index (χ1v) is 16.0. The Hall–Kier alpha value is -4.23. The largest absolute Gasteiger partial charge is 0.289 e. The van der Waals surface area contributed by atoms with Gasteiger partial charge in [-0.3, -0.25) is 4.79 Å². The number of allylic oxidation sites excluding steroid dienone is 14. The van der Waals surface area contributed by atoms with Crippen LogP contribution in [0.3, 0.4) is 0 Å². The zero-order valence-electron chi connectivity index (χ0n) is 27.1. The maximum absolute atomic E-state index is 15.2. The Morgan fingerprint density at radius 3 is 1.75 bits per heavy atom. The highest BCUT2D eigenvalue weighted by atomic mass is 16.1. The number of Topliss-reactive ketones (excluding diaryl/α,β-unsaturated/α-hetero) is 1. The van der Waals surface area contributed by atoms with Crippen molar-refractivity contribution in [3.05, 3.63) is 142 Å². The normalized spacial score (nSPS) is 24.7. The second-order valence-electron chi connectivity index (χ2n) is 15.7. The second-order valence-corrected chi connectivity index (χ2v) is 15.7. The highest BCUT2D eigenvalue weighted by molar-refractivity contribution is 6.28. The van der Waals surface area contributed by atoms with Gasteiger partial charge in [-0.05, 0) is 88.7 Å². The van der Waals surface area contributed by atoms with Crippen molar-refractivity contribution in [2.45, 2.75) is 55.4 Å². The van der Waals surface area contributed by atoms with Crippen molar-refractivity contribution in [3.8, 4) is 0 Å². The molecule has 8 rings (SSSR count). The van der Waals surface area contributed by atoms with Gasteiger partial charge in [0, 0.05) is 22.0 Å². The van der Waals surface area contributed by atoms with Crippen LogP contribution in [0.4, 0.5) is 0 Å². The molecule has 0 N–H and O–H groups in total. The maximum Gasteiger partial charge on any atom is 0.193 e. The quantitative estimate of drug-likeness (QED) is 0.172. The Labute approximate surface area is 261 Å². The highest BCUT2D eigenvalue weighted by Crippen LogP contribution is 2.67. The van der Waals surface area contributed by atoms with Crippen LogP contribution in [0, 0.1) is 21.7 Å². The van der Waals surface area contributed by atoms with Crippen molar-refractivity contribution < 1.29 is 4.79 Å². The van der Waals surface area contributed by atoms with E-state index in [9.17, 15) is 0 Å². The predicted octanol–water partition coefficient (Wildman–Crippen LogP) is 11.4. The van der Waals surface area contributed by atoms with Crippen molar-refractivity contribution in [1.82, 2.24) is 0 Å². The Morgan fingerprint density at radius 1 is 0.568 bits per heavy atom. The number of carbonyl (C=O) groups excluding carboxylic acids is 1. The number of benzene rings is 4. The van der Waals surface area contributed by atoms with E-state index >= 15 is 4.79 Å². The molecule has 4 aromatic rings. The first kappa shape index (κ1) is 27.3. The molecule has 4 aliphatic rings. The molecular formula is C43H40O. The third-order valence-corrected chi connectivity index (χ3v) is 11.3. The van der Waals surface area contributed by atoms with Gasteiger partial charge in [-0.15, -0.1) is 0 Å². The summed E-state index contributed by atoms with van der Waals surface area (Å²) in [6, 6.07) is 19.4. The van der Waals surface area contributed by atoms with E-state index in [0.717, 1.165) is 22.1 Å². The van der Waals surface area contributed by atoms with Crippen LogP contribution in [-0.4, -0.2) is 5.78 Å². The third-order valence-electron chi connectivity index (χ3n) is 11.3. The lowest BCUT2D eigenvalue weighted by molar-refractivity contribution is 0.103. The van der Waals surface area contributed by atoms with Gasteiger partial charge in [-0.2, -0.15) is 0 Å².